The Labute approximate surface area is 165 Å². The monoisotopic (exact) mass is 425 g/mol. The average Bonchev–Trinajstić information content (AvgIpc) is 3.33. The van der Waals surface area contributed by atoms with Crippen molar-refractivity contribution in [2.45, 2.75) is 11.4 Å². The molecular weight excluding hydrogens is 410 g/mol. The van der Waals surface area contributed by atoms with E-state index in [1.807, 2.05) is 17.5 Å². The molecule has 142 valence electrons. The molecule has 0 unspecified atom stereocenters. The smallest absolute Gasteiger partial charge is 0.247 e. The van der Waals surface area contributed by atoms with Crippen molar-refractivity contribution < 1.29 is 17.7 Å². The van der Waals surface area contributed by atoms with E-state index in [0.29, 0.717) is 5.82 Å². The molecule has 0 amide bonds. The number of hydrogen-bond acceptors (Lipinski definition) is 7. The van der Waals surface area contributed by atoms with Crippen LogP contribution in [-0.4, -0.2) is 36.5 Å². The van der Waals surface area contributed by atoms with Crippen molar-refractivity contribution in [2.75, 3.05) is 13.7 Å². The topological polar surface area (TPSA) is 85.5 Å². The Hall–Kier alpha value is -2.20. The first-order valence-corrected chi connectivity index (χ1v) is 10.5. The van der Waals surface area contributed by atoms with Gasteiger partial charge in [0.2, 0.25) is 21.7 Å². The summed E-state index contributed by atoms with van der Waals surface area (Å²) in [5, 5.41) is 6.08. The first-order chi connectivity index (χ1) is 13.0. The van der Waals surface area contributed by atoms with E-state index in [1.165, 1.54) is 41.0 Å². The third-order valence-electron chi connectivity index (χ3n) is 3.60. The SMILES string of the molecule is C=CCN(Cc1nc(-c2cccs2)no1)S(=O)(=O)c1cc(Cl)ccc1OC. The van der Waals surface area contributed by atoms with E-state index in [9.17, 15) is 8.42 Å². The first kappa shape index (κ1) is 19.6. The molecule has 27 heavy (non-hydrogen) atoms. The van der Waals surface area contributed by atoms with Gasteiger partial charge in [0.15, 0.2) is 0 Å². The molecule has 0 bridgehead atoms. The van der Waals surface area contributed by atoms with Crippen LogP contribution in [0.4, 0.5) is 0 Å². The highest BCUT2D eigenvalue weighted by Gasteiger charge is 2.29. The zero-order valence-electron chi connectivity index (χ0n) is 14.3. The molecular formula is C17H16ClN3O4S2. The van der Waals surface area contributed by atoms with E-state index < -0.39 is 10.0 Å². The van der Waals surface area contributed by atoms with E-state index >= 15 is 0 Å². The molecule has 7 nitrogen and oxygen atoms in total. The maximum atomic E-state index is 13.1. The van der Waals surface area contributed by atoms with E-state index in [-0.39, 0.29) is 34.6 Å². The summed E-state index contributed by atoms with van der Waals surface area (Å²) in [6.45, 7) is 3.57. The van der Waals surface area contributed by atoms with Gasteiger partial charge in [0.1, 0.15) is 10.6 Å². The van der Waals surface area contributed by atoms with E-state index in [2.05, 4.69) is 16.7 Å². The fourth-order valence-corrected chi connectivity index (χ4v) is 4.79. The fraction of sp³-hybridized carbons (Fsp3) is 0.176. The zero-order chi connectivity index (χ0) is 19.4. The van der Waals surface area contributed by atoms with E-state index in [0.717, 1.165) is 4.88 Å². The lowest BCUT2D eigenvalue weighted by Crippen LogP contribution is -2.31. The summed E-state index contributed by atoms with van der Waals surface area (Å²) in [7, 11) is -2.55. The molecule has 0 aliphatic heterocycles. The zero-order valence-corrected chi connectivity index (χ0v) is 16.7. The number of thiophene rings is 1. The second-order valence-electron chi connectivity index (χ2n) is 5.37. The van der Waals surface area contributed by atoms with Crippen LogP contribution in [-0.2, 0) is 16.6 Å². The molecule has 0 atom stereocenters. The second kappa shape index (κ2) is 8.22. The Bertz CT molecular complexity index is 1030. The van der Waals surface area contributed by atoms with Gasteiger partial charge in [-0.25, -0.2) is 8.42 Å². The van der Waals surface area contributed by atoms with Gasteiger partial charge in [-0.15, -0.1) is 17.9 Å². The lowest BCUT2D eigenvalue weighted by Gasteiger charge is -2.20. The van der Waals surface area contributed by atoms with Gasteiger partial charge in [-0.1, -0.05) is 28.9 Å². The molecule has 0 spiro atoms. The van der Waals surface area contributed by atoms with Crippen LogP contribution in [0.1, 0.15) is 5.89 Å². The summed E-state index contributed by atoms with van der Waals surface area (Å²) in [4.78, 5) is 5.07. The third-order valence-corrected chi connectivity index (χ3v) is 6.53. The highest BCUT2D eigenvalue weighted by atomic mass is 35.5. The molecule has 3 rings (SSSR count). The summed E-state index contributed by atoms with van der Waals surface area (Å²) >= 11 is 7.45. The van der Waals surface area contributed by atoms with Gasteiger partial charge in [-0.2, -0.15) is 9.29 Å². The van der Waals surface area contributed by atoms with Crippen molar-refractivity contribution in [1.82, 2.24) is 14.4 Å². The van der Waals surface area contributed by atoms with Gasteiger partial charge in [-0.05, 0) is 29.6 Å². The van der Waals surface area contributed by atoms with Gasteiger partial charge in [0, 0.05) is 11.6 Å². The highest BCUT2D eigenvalue weighted by molar-refractivity contribution is 7.89. The van der Waals surface area contributed by atoms with Crippen LogP contribution in [0.15, 0.2) is 57.8 Å². The fourth-order valence-electron chi connectivity index (χ4n) is 2.36. The number of hydrogen-bond donors (Lipinski definition) is 0. The molecule has 0 N–H and O–H groups in total. The number of ether oxygens (including phenoxy) is 1. The van der Waals surface area contributed by atoms with Gasteiger partial charge in [0.25, 0.3) is 0 Å². The van der Waals surface area contributed by atoms with Crippen LogP contribution in [0.2, 0.25) is 5.02 Å². The van der Waals surface area contributed by atoms with Crippen molar-refractivity contribution >= 4 is 33.0 Å². The highest BCUT2D eigenvalue weighted by Crippen LogP contribution is 2.30. The Balaban J connectivity index is 1.93. The maximum Gasteiger partial charge on any atom is 0.247 e. The van der Waals surface area contributed by atoms with Gasteiger partial charge in [0.05, 0.1) is 18.5 Å². The second-order valence-corrected chi connectivity index (χ2v) is 8.66. The summed E-state index contributed by atoms with van der Waals surface area (Å²) in [5.41, 5.74) is 0. The van der Waals surface area contributed by atoms with Crippen molar-refractivity contribution in [2.24, 2.45) is 0 Å². The van der Waals surface area contributed by atoms with Gasteiger partial charge in [-0.3, -0.25) is 0 Å². The van der Waals surface area contributed by atoms with Crippen molar-refractivity contribution in [1.29, 1.82) is 0 Å². The average molecular weight is 426 g/mol. The summed E-state index contributed by atoms with van der Waals surface area (Å²) in [5.74, 6) is 0.777. The third kappa shape index (κ3) is 4.22. The van der Waals surface area contributed by atoms with Gasteiger partial charge < -0.3 is 9.26 Å². The summed E-state index contributed by atoms with van der Waals surface area (Å²) in [6, 6.07) is 8.13. The quantitative estimate of drug-likeness (QED) is 0.510. The minimum Gasteiger partial charge on any atom is -0.495 e. The van der Waals surface area contributed by atoms with Crippen molar-refractivity contribution in [3.63, 3.8) is 0 Å². The normalized spacial score (nSPS) is 11.7. The Morgan fingerprint density at radius 3 is 2.89 bits per heavy atom. The van der Waals surface area contributed by atoms with Crippen molar-refractivity contribution in [3.05, 3.63) is 59.3 Å². The summed E-state index contributed by atoms with van der Waals surface area (Å²) in [6.07, 6.45) is 1.48. The minimum absolute atomic E-state index is 0.0441. The molecule has 10 heteroatoms. The minimum atomic E-state index is -3.94. The molecule has 0 aliphatic carbocycles. The largest absolute Gasteiger partial charge is 0.495 e. The molecule has 1 aromatic carbocycles. The van der Waals surface area contributed by atoms with E-state index in [4.69, 9.17) is 20.9 Å². The molecule has 0 aliphatic rings. The number of sulfonamides is 1. The number of methoxy groups -OCH3 is 1. The maximum absolute atomic E-state index is 13.1. The van der Waals surface area contributed by atoms with E-state index in [1.54, 1.807) is 6.07 Å². The van der Waals surface area contributed by atoms with Crippen LogP contribution in [0.5, 0.6) is 5.75 Å². The van der Waals surface area contributed by atoms with Crippen LogP contribution in [0, 0.1) is 0 Å². The van der Waals surface area contributed by atoms with Crippen LogP contribution >= 0.6 is 22.9 Å². The predicted octanol–water partition coefficient (Wildman–Crippen LogP) is 3.84. The Kier molecular flexibility index (Phi) is 5.95. The number of benzene rings is 1. The van der Waals surface area contributed by atoms with Crippen LogP contribution < -0.4 is 4.74 Å². The predicted molar refractivity (Wildman–Crippen MR) is 103 cm³/mol. The Morgan fingerprint density at radius 1 is 1.41 bits per heavy atom. The number of rotatable bonds is 8. The molecule has 2 aromatic heterocycles. The molecule has 0 radical (unpaired) electrons. The molecule has 0 saturated carbocycles. The number of aromatic nitrogens is 2. The molecule has 0 fully saturated rings. The lowest BCUT2D eigenvalue weighted by atomic mass is 10.3. The molecule has 2 heterocycles. The van der Waals surface area contributed by atoms with Gasteiger partial charge >= 0.3 is 0 Å². The van der Waals surface area contributed by atoms with Crippen LogP contribution in [0.25, 0.3) is 10.7 Å². The Morgan fingerprint density at radius 2 is 2.22 bits per heavy atom. The first-order valence-electron chi connectivity index (χ1n) is 7.76. The van der Waals surface area contributed by atoms with Crippen molar-refractivity contribution in [3.8, 4) is 16.5 Å². The number of halogens is 1. The standard InChI is InChI=1S/C17H16ClN3O4S2/c1-3-8-21(11-16-19-17(20-25-16)14-5-4-9-26-14)27(22,23)15-10-12(18)6-7-13(15)24-2/h3-7,9-10H,1,8,11H2,2H3. The lowest BCUT2D eigenvalue weighted by molar-refractivity contribution is 0.325. The molecule has 3 aromatic rings. The summed E-state index contributed by atoms with van der Waals surface area (Å²) < 4.78 is 37.9. The van der Waals surface area contributed by atoms with Crippen LogP contribution in [0.3, 0.4) is 0 Å². The molecule has 0 saturated heterocycles. The number of nitrogens with zero attached hydrogens (tertiary/aromatic N) is 3.